The lowest BCUT2D eigenvalue weighted by molar-refractivity contribution is -0.137. The highest BCUT2D eigenvalue weighted by Gasteiger charge is 2.34. The van der Waals surface area contributed by atoms with Gasteiger partial charge in [-0.1, -0.05) is 6.42 Å². The van der Waals surface area contributed by atoms with Crippen LogP contribution >= 0.6 is 0 Å². The van der Waals surface area contributed by atoms with Crippen molar-refractivity contribution in [1.82, 2.24) is 9.80 Å². The smallest absolute Gasteiger partial charge is 0.290 e. The maximum atomic E-state index is 12.4. The molecule has 0 aromatic rings. The molecule has 3 aliphatic heterocycles. The van der Waals surface area contributed by atoms with Gasteiger partial charge in [-0.2, -0.15) is 0 Å². The molecule has 3 fully saturated rings. The maximum absolute atomic E-state index is 12.4. The van der Waals surface area contributed by atoms with Crippen LogP contribution < -0.4 is 0 Å². The molecule has 6 heteroatoms. The van der Waals surface area contributed by atoms with Crippen molar-refractivity contribution >= 4 is 12.4 Å². The van der Waals surface area contributed by atoms with E-state index in [4.69, 9.17) is 14.6 Å². The molecule has 0 aromatic heterocycles. The summed E-state index contributed by atoms with van der Waals surface area (Å²) in [5, 5.41) is 6.89. The third-order valence-electron chi connectivity index (χ3n) is 5.50. The molecule has 0 aliphatic carbocycles. The van der Waals surface area contributed by atoms with Gasteiger partial charge >= 0.3 is 0 Å². The Morgan fingerprint density at radius 2 is 1.83 bits per heavy atom. The average molecular weight is 326 g/mol. The van der Waals surface area contributed by atoms with Crippen molar-refractivity contribution in [3.05, 3.63) is 0 Å². The van der Waals surface area contributed by atoms with E-state index in [9.17, 15) is 4.79 Å². The fourth-order valence-electron chi connectivity index (χ4n) is 4.19. The normalized spacial score (nSPS) is 29.7. The zero-order chi connectivity index (χ0) is 16.7. The number of rotatable bonds is 2. The molecule has 6 nitrogen and oxygen atoms in total. The summed E-state index contributed by atoms with van der Waals surface area (Å²) in [7, 11) is 2.28. The summed E-state index contributed by atoms with van der Waals surface area (Å²) in [6, 6.07) is 0.760. The topological polar surface area (TPSA) is 70.1 Å². The highest BCUT2D eigenvalue weighted by atomic mass is 16.5. The second-order valence-electron chi connectivity index (χ2n) is 6.87. The highest BCUT2D eigenvalue weighted by Crippen LogP contribution is 2.30. The molecule has 0 aromatic carbocycles. The summed E-state index contributed by atoms with van der Waals surface area (Å²) in [5.74, 6) is 1.28. The molecule has 3 heterocycles. The lowest BCUT2D eigenvalue weighted by Gasteiger charge is -2.42. The second-order valence-corrected chi connectivity index (χ2v) is 6.87. The summed E-state index contributed by atoms with van der Waals surface area (Å²) < 4.78 is 5.35. The van der Waals surface area contributed by atoms with Gasteiger partial charge < -0.3 is 19.6 Å². The zero-order valence-corrected chi connectivity index (χ0v) is 14.2. The maximum Gasteiger partial charge on any atom is 0.290 e. The number of carbonyl (C=O) groups is 2. The number of carboxylic acid groups (broad SMARTS) is 1. The molecule has 1 amide bonds. The second kappa shape index (κ2) is 9.23. The van der Waals surface area contributed by atoms with Crippen LogP contribution in [0, 0.1) is 11.8 Å². The molecule has 2 unspecified atom stereocenters. The molecule has 3 rings (SSSR count). The molecule has 2 atom stereocenters. The first-order chi connectivity index (χ1) is 11.2. The number of hydrogen-bond donors (Lipinski definition) is 1. The minimum absolute atomic E-state index is 0.143. The van der Waals surface area contributed by atoms with Gasteiger partial charge in [0.25, 0.3) is 6.47 Å². The molecule has 0 saturated carbocycles. The number of likely N-dealkylation sites (tertiary alicyclic amines) is 2. The van der Waals surface area contributed by atoms with E-state index in [1.54, 1.807) is 0 Å². The summed E-state index contributed by atoms with van der Waals surface area (Å²) >= 11 is 0. The number of piperidine rings is 2. The van der Waals surface area contributed by atoms with Crippen molar-refractivity contribution in [2.24, 2.45) is 11.8 Å². The van der Waals surface area contributed by atoms with Crippen molar-refractivity contribution in [1.29, 1.82) is 0 Å². The van der Waals surface area contributed by atoms with Crippen LogP contribution in [-0.4, -0.2) is 73.2 Å². The molecule has 0 spiro atoms. The lowest BCUT2D eigenvalue weighted by atomic mass is 9.83. The third kappa shape index (κ3) is 4.91. The van der Waals surface area contributed by atoms with E-state index < -0.39 is 0 Å². The van der Waals surface area contributed by atoms with E-state index in [1.165, 1.54) is 38.6 Å². The van der Waals surface area contributed by atoms with E-state index in [-0.39, 0.29) is 12.4 Å². The molecule has 0 radical (unpaired) electrons. The SMILES string of the molecule is CN1CCCCC1C1CCN(C(=O)C2CCOC2)CC1.O=CO. The van der Waals surface area contributed by atoms with Crippen LogP contribution in [0.2, 0.25) is 0 Å². The average Bonchev–Trinajstić information content (AvgIpc) is 3.10. The van der Waals surface area contributed by atoms with Crippen LogP contribution in [0.1, 0.15) is 38.5 Å². The molecule has 3 aliphatic rings. The van der Waals surface area contributed by atoms with Gasteiger partial charge in [-0.3, -0.25) is 9.59 Å². The van der Waals surface area contributed by atoms with E-state index in [0.29, 0.717) is 12.5 Å². The molecular formula is C17H30N2O4. The van der Waals surface area contributed by atoms with Gasteiger partial charge in [-0.25, -0.2) is 0 Å². The third-order valence-corrected chi connectivity index (χ3v) is 5.50. The van der Waals surface area contributed by atoms with E-state index in [1.807, 2.05) is 0 Å². The number of ether oxygens (including phenoxy) is 1. The zero-order valence-electron chi connectivity index (χ0n) is 14.2. The Balaban J connectivity index is 0.000000595. The predicted molar refractivity (Wildman–Crippen MR) is 87.2 cm³/mol. The largest absolute Gasteiger partial charge is 0.483 e. The van der Waals surface area contributed by atoms with E-state index >= 15 is 0 Å². The van der Waals surface area contributed by atoms with Crippen LogP contribution in [0.15, 0.2) is 0 Å². The Hall–Kier alpha value is -1.14. The van der Waals surface area contributed by atoms with Gasteiger partial charge in [-0.15, -0.1) is 0 Å². The standard InChI is InChI=1S/C16H28N2O2.CH2O2/c1-17-8-3-2-4-15(17)13-5-9-18(10-6-13)16(19)14-7-11-20-12-14;2-1-3/h13-15H,2-12H2,1H3;1H,(H,2,3). The van der Waals surface area contributed by atoms with Gasteiger partial charge in [0.15, 0.2) is 0 Å². The Bertz CT molecular complexity index is 377. The minimum Gasteiger partial charge on any atom is -0.483 e. The highest BCUT2D eigenvalue weighted by molar-refractivity contribution is 5.79. The quantitative estimate of drug-likeness (QED) is 0.778. The van der Waals surface area contributed by atoms with Crippen LogP contribution in [-0.2, 0) is 14.3 Å². The number of hydrogen-bond acceptors (Lipinski definition) is 4. The minimum atomic E-state index is -0.250. The van der Waals surface area contributed by atoms with Crippen molar-refractivity contribution in [2.45, 2.75) is 44.6 Å². The van der Waals surface area contributed by atoms with E-state index in [2.05, 4.69) is 16.8 Å². The Kier molecular flexibility index (Phi) is 7.30. The van der Waals surface area contributed by atoms with Crippen molar-refractivity contribution in [3.63, 3.8) is 0 Å². The molecule has 3 saturated heterocycles. The van der Waals surface area contributed by atoms with Gasteiger partial charge in [0.2, 0.25) is 5.91 Å². The van der Waals surface area contributed by atoms with E-state index in [0.717, 1.165) is 38.1 Å². The molecule has 1 N–H and O–H groups in total. The molecule has 23 heavy (non-hydrogen) atoms. The van der Waals surface area contributed by atoms with Crippen LogP contribution in [0.4, 0.5) is 0 Å². The molecule has 132 valence electrons. The van der Waals surface area contributed by atoms with Crippen molar-refractivity contribution < 1.29 is 19.4 Å². The summed E-state index contributed by atoms with van der Waals surface area (Å²) in [6.07, 6.45) is 7.39. The summed E-state index contributed by atoms with van der Waals surface area (Å²) in [5.41, 5.74) is 0. The summed E-state index contributed by atoms with van der Waals surface area (Å²) in [4.78, 5) is 25.4. The molecular weight excluding hydrogens is 296 g/mol. The Morgan fingerprint density at radius 1 is 1.13 bits per heavy atom. The van der Waals surface area contributed by atoms with Gasteiger partial charge in [0, 0.05) is 25.7 Å². The fourth-order valence-corrected chi connectivity index (χ4v) is 4.19. The Labute approximate surface area is 138 Å². The van der Waals surface area contributed by atoms with Crippen molar-refractivity contribution in [2.75, 3.05) is 39.9 Å². The first kappa shape index (κ1) is 18.2. The number of nitrogens with zero attached hydrogens (tertiary/aromatic N) is 2. The van der Waals surface area contributed by atoms with Gasteiger partial charge in [-0.05, 0) is 51.6 Å². The molecule has 0 bridgehead atoms. The predicted octanol–water partition coefficient (Wildman–Crippen LogP) is 1.45. The monoisotopic (exact) mass is 326 g/mol. The first-order valence-electron chi connectivity index (χ1n) is 8.82. The number of carbonyl (C=O) groups excluding carboxylic acids is 1. The van der Waals surface area contributed by atoms with Gasteiger partial charge in [0.1, 0.15) is 0 Å². The summed E-state index contributed by atoms with van der Waals surface area (Å²) in [6.45, 7) is 4.34. The van der Waals surface area contributed by atoms with Crippen LogP contribution in [0.5, 0.6) is 0 Å². The van der Waals surface area contributed by atoms with Gasteiger partial charge in [0.05, 0.1) is 12.5 Å². The fraction of sp³-hybridized carbons (Fsp3) is 0.882. The van der Waals surface area contributed by atoms with Crippen LogP contribution in [0.3, 0.4) is 0 Å². The Morgan fingerprint density at radius 3 is 2.39 bits per heavy atom. The first-order valence-corrected chi connectivity index (χ1v) is 8.82. The number of amides is 1. The van der Waals surface area contributed by atoms with Crippen molar-refractivity contribution in [3.8, 4) is 0 Å². The lowest BCUT2D eigenvalue weighted by Crippen LogP contribution is -2.48. The van der Waals surface area contributed by atoms with Crippen LogP contribution in [0.25, 0.3) is 0 Å².